The summed E-state index contributed by atoms with van der Waals surface area (Å²) < 4.78 is 47.9. The van der Waals surface area contributed by atoms with Crippen molar-refractivity contribution in [1.29, 1.82) is 0 Å². The topological polar surface area (TPSA) is 105 Å². The summed E-state index contributed by atoms with van der Waals surface area (Å²) in [7, 11) is -3.76. The third kappa shape index (κ3) is 7.81. The van der Waals surface area contributed by atoms with Crippen molar-refractivity contribution in [2.45, 2.75) is 63.1 Å². The largest absolute Gasteiger partial charge is 0.444 e. The molecule has 0 bridgehead atoms. The SMILES string of the molecule is CC(C)(C)OC(=O)NC(CC(=O)N1CCc2ccc(NS(=O)(=O)c3ccccc3)cc2C1)Cc1ccccc1F. The monoisotopic (exact) mass is 567 g/mol. The minimum absolute atomic E-state index is 0.0523. The molecule has 0 fully saturated rings. The van der Waals surface area contributed by atoms with E-state index in [0.717, 1.165) is 11.1 Å². The number of rotatable bonds is 8. The van der Waals surface area contributed by atoms with E-state index in [4.69, 9.17) is 4.74 Å². The second kappa shape index (κ2) is 12.1. The average molecular weight is 568 g/mol. The first kappa shape index (κ1) is 29.1. The van der Waals surface area contributed by atoms with Crippen molar-refractivity contribution in [3.8, 4) is 0 Å². The Kier molecular flexibility index (Phi) is 8.78. The molecule has 0 spiro atoms. The molecule has 10 heteroatoms. The van der Waals surface area contributed by atoms with Gasteiger partial charge in [-0.15, -0.1) is 0 Å². The van der Waals surface area contributed by atoms with Crippen LogP contribution in [-0.2, 0) is 38.9 Å². The molecule has 212 valence electrons. The lowest BCUT2D eigenvalue weighted by Crippen LogP contribution is -2.44. The molecule has 0 aromatic heterocycles. The summed E-state index contributed by atoms with van der Waals surface area (Å²) in [6.45, 7) is 5.97. The number of hydrogen-bond acceptors (Lipinski definition) is 5. The highest BCUT2D eigenvalue weighted by molar-refractivity contribution is 7.92. The van der Waals surface area contributed by atoms with E-state index in [0.29, 0.717) is 24.2 Å². The van der Waals surface area contributed by atoms with Crippen molar-refractivity contribution in [3.63, 3.8) is 0 Å². The van der Waals surface area contributed by atoms with Gasteiger partial charge in [0.25, 0.3) is 10.0 Å². The van der Waals surface area contributed by atoms with Gasteiger partial charge in [0, 0.05) is 31.2 Å². The smallest absolute Gasteiger partial charge is 0.407 e. The molecule has 4 rings (SSSR count). The van der Waals surface area contributed by atoms with Crippen LogP contribution in [0.25, 0.3) is 0 Å². The summed E-state index contributed by atoms with van der Waals surface area (Å²) in [5.41, 5.74) is 1.92. The van der Waals surface area contributed by atoms with Crippen LogP contribution in [0.1, 0.15) is 43.9 Å². The van der Waals surface area contributed by atoms with Gasteiger partial charge >= 0.3 is 6.09 Å². The zero-order chi connectivity index (χ0) is 28.9. The number of amides is 2. The normalized spacial score (nSPS) is 14.2. The van der Waals surface area contributed by atoms with Crippen molar-refractivity contribution in [1.82, 2.24) is 10.2 Å². The number of alkyl carbamates (subject to hydrolysis) is 1. The van der Waals surface area contributed by atoms with Crippen molar-refractivity contribution < 1.29 is 27.1 Å². The molecule has 0 saturated carbocycles. The molecular weight excluding hydrogens is 533 g/mol. The number of hydrogen-bond donors (Lipinski definition) is 2. The van der Waals surface area contributed by atoms with E-state index in [-0.39, 0.29) is 30.2 Å². The molecule has 40 heavy (non-hydrogen) atoms. The third-order valence-corrected chi connectivity index (χ3v) is 7.84. The minimum Gasteiger partial charge on any atom is -0.444 e. The summed E-state index contributed by atoms with van der Waals surface area (Å²) in [5.74, 6) is -0.623. The van der Waals surface area contributed by atoms with Gasteiger partial charge < -0.3 is 15.0 Å². The molecule has 8 nitrogen and oxygen atoms in total. The number of ether oxygens (including phenoxy) is 1. The second-order valence-corrected chi connectivity index (χ2v) is 12.5. The van der Waals surface area contributed by atoms with Crippen molar-refractivity contribution >= 4 is 27.7 Å². The number of carbonyl (C=O) groups is 2. The van der Waals surface area contributed by atoms with Crippen LogP contribution in [0, 0.1) is 5.82 Å². The molecule has 1 heterocycles. The fraction of sp³-hybridized carbons (Fsp3) is 0.333. The maximum Gasteiger partial charge on any atom is 0.407 e. The van der Waals surface area contributed by atoms with Gasteiger partial charge in [-0.1, -0.05) is 42.5 Å². The summed E-state index contributed by atoms with van der Waals surface area (Å²) >= 11 is 0. The standard InChI is InChI=1S/C30H34FN3O5S/c1-30(2,3)39-29(36)32-25(17-22-9-7-8-12-27(22)31)19-28(35)34-16-15-21-13-14-24(18-23(21)20-34)33-40(37,38)26-10-5-4-6-11-26/h4-14,18,25,33H,15-17,19-20H2,1-3H3,(H,32,36). The molecule has 0 aliphatic carbocycles. The molecule has 0 saturated heterocycles. The molecule has 1 atom stereocenters. The van der Waals surface area contributed by atoms with Crippen LogP contribution >= 0.6 is 0 Å². The molecule has 1 unspecified atom stereocenters. The molecule has 3 aromatic carbocycles. The molecule has 2 amide bonds. The Labute approximate surface area is 234 Å². The maximum absolute atomic E-state index is 14.4. The van der Waals surface area contributed by atoms with Gasteiger partial charge in [-0.25, -0.2) is 17.6 Å². The lowest BCUT2D eigenvalue weighted by atomic mass is 9.97. The van der Waals surface area contributed by atoms with E-state index in [1.807, 2.05) is 6.07 Å². The Balaban J connectivity index is 1.47. The highest BCUT2D eigenvalue weighted by Crippen LogP contribution is 2.25. The van der Waals surface area contributed by atoms with E-state index in [1.54, 1.807) is 74.2 Å². The molecule has 0 radical (unpaired) electrons. The molecule has 3 aromatic rings. The summed E-state index contributed by atoms with van der Waals surface area (Å²) in [6, 6.07) is 19.0. The number of benzene rings is 3. The summed E-state index contributed by atoms with van der Waals surface area (Å²) in [4.78, 5) is 27.7. The fourth-order valence-electron chi connectivity index (χ4n) is 4.56. The number of anilines is 1. The van der Waals surface area contributed by atoms with E-state index >= 15 is 0 Å². The van der Waals surface area contributed by atoms with E-state index < -0.39 is 33.6 Å². The van der Waals surface area contributed by atoms with Gasteiger partial charge in [0.2, 0.25) is 5.91 Å². The number of carbonyl (C=O) groups excluding carboxylic acids is 2. The van der Waals surface area contributed by atoms with E-state index in [1.165, 1.54) is 18.2 Å². The first-order valence-electron chi connectivity index (χ1n) is 13.1. The van der Waals surface area contributed by atoms with Crippen LogP contribution in [0.2, 0.25) is 0 Å². The van der Waals surface area contributed by atoms with Crippen LogP contribution in [0.3, 0.4) is 0 Å². The van der Waals surface area contributed by atoms with E-state index in [9.17, 15) is 22.4 Å². The van der Waals surface area contributed by atoms with Gasteiger partial charge in [0.15, 0.2) is 0 Å². The van der Waals surface area contributed by atoms with Gasteiger partial charge in [-0.3, -0.25) is 9.52 Å². The predicted octanol–water partition coefficient (Wildman–Crippen LogP) is 5.04. The van der Waals surface area contributed by atoms with Gasteiger partial charge in [-0.2, -0.15) is 0 Å². The van der Waals surface area contributed by atoms with Crippen LogP contribution < -0.4 is 10.0 Å². The Hall–Kier alpha value is -3.92. The van der Waals surface area contributed by atoms with Crippen molar-refractivity contribution in [2.75, 3.05) is 11.3 Å². The minimum atomic E-state index is -3.76. The number of sulfonamides is 1. The highest BCUT2D eigenvalue weighted by Gasteiger charge is 2.27. The third-order valence-electron chi connectivity index (χ3n) is 6.44. The number of halogens is 1. The Morgan fingerprint density at radius 2 is 1.70 bits per heavy atom. The summed E-state index contributed by atoms with van der Waals surface area (Å²) in [6.07, 6.45) is -0.0120. The van der Waals surface area contributed by atoms with Crippen molar-refractivity contribution in [2.24, 2.45) is 0 Å². The Bertz CT molecular complexity index is 1470. The maximum atomic E-state index is 14.4. The highest BCUT2D eigenvalue weighted by atomic mass is 32.2. The van der Waals surface area contributed by atoms with E-state index in [2.05, 4.69) is 10.0 Å². The van der Waals surface area contributed by atoms with Crippen LogP contribution in [0.4, 0.5) is 14.9 Å². The number of fused-ring (bicyclic) bond motifs is 1. The quantitative estimate of drug-likeness (QED) is 0.397. The van der Waals surface area contributed by atoms with Crippen LogP contribution in [0.5, 0.6) is 0 Å². The molecule has 1 aliphatic rings. The average Bonchev–Trinajstić information content (AvgIpc) is 2.88. The van der Waals surface area contributed by atoms with Crippen LogP contribution in [-0.4, -0.2) is 43.5 Å². The first-order valence-corrected chi connectivity index (χ1v) is 14.6. The zero-order valence-electron chi connectivity index (χ0n) is 22.8. The zero-order valence-corrected chi connectivity index (χ0v) is 23.6. The lowest BCUT2D eigenvalue weighted by Gasteiger charge is -2.31. The van der Waals surface area contributed by atoms with Crippen molar-refractivity contribution in [3.05, 3.63) is 95.3 Å². The lowest BCUT2D eigenvalue weighted by molar-refractivity contribution is -0.132. The van der Waals surface area contributed by atoms with Gasteiger partial charge in [0.05, 0.1) is 4.90 Å². The number of nitrogens with zero attached hydrogens (tertiary/aromatic N) is 1. The predicted molar refractivity (Wildman–Crippen MR) is 151 cm³/mol. The van der Waals surface area contributed by atoms with Crippen LogP contribution in [0.15, 0.2) is 77.7 Å². The second-order valence-electron chi connectivity index (χ2n) is 10.8. The van der Waals surface area contributed by atoms with Gasteiger partial charge in [0.1, 0.15) is 11.4 Å². The van der Waals surface area contributed by atoms with Gasteiger partial charge in [-0.05, 0) is 80.6 Å². The Morgan fingerprint density at radius 3 is 2.40 bits per heavy atom. The molecule has 2 N–H and O–H groups in total. The fourth-order valence-corrected chi connectivity index (χ4v) is 5.64. The Morgan fingerprint density at radius 1 is 1.00 bits per heavy atom. The number of nitrogens with one attached hydrogen (secondary N) is 2. The summed E-state index contributed by atoms with van der Waals surface area (Å²) in [5, 5.41) is 2.74. The molecule has 1 aliphatic heterocycles. The molecular formula is C30H34FN3O5S. The first-order chi connectivity index (χ1) is 18.9.